The largest absolute Gasteiger partial charge is 0.388 e. The molecule has 3 aromatic rings. The maximum atomic E-state index is 3.90. The molecule has 31 heavy (non-hydrogen) atoms. The quantitative estimate of drug-likeness (QED) is 0.453. The number of benzene rings is 3. The van der Waals surface area contributed by atoms with E-state index in [-0.39, 0.29) is 5.41 Å². The first-order valence-electron chi connectivity index (χ1n) is 11.0. The Balaban J connectivity index is 1.89. The van der Waals surface area contributed by atoms with Gasteiger partial charge in [-0.1, -0.05) is 103 Å². The summed E-state index contributed by atoms with van der Waals surface area (Å²) in [6, 6.07) is 26.8. The fourth-order valence-corrected chi connectivity index (χ4v) is 5.33. The van der Waals surface area contributed by atoms with Crippen LogP contribution in [0.15, 0.2) is 115 Å². The van der Waals surface area contributed by atoms with Crippen molar-refractivity contribution < 1.29 is 0 Å². The van der Waals surface area contributed by atoms with Crippen LogP contribution in [-0.2, 0) is 5.41 Å². The summed E-state index contributed by atoms with van der Waals surface area (Å²) in [7, 11) is 1.97. The second-order valence-corrected chi connectivity index (χ2v) is 8.15. The first-order valence-corrected chi connectivity index (χ1v) is 11.0. The van der Waals surface area contributed by atoms with Crippen LogP contribution in [0.5, 0.6) is 0 Å². The molecule has 0 saturated carbocycles. The number of allylic oxidation sites excluding steroid dienone is 6. The van der Waals surface area contributed by atoms with Crippen LogP contribution in [0.2, 0.25) is 0 Å². The van der Waals surface area contributed by atoms with Gasteiger partial charge >= 0.3 is 0 Å². The van der Waals surface area contributed by atoms with Gasteiger partial charge in [0.15, 0.2) is 0 Å². The zero-order valence-electron chi connectivity index (χ0n) is 17.9. The fourth-order valence-electron chi connectivity index (χ4n) is 5.33. The minimum Gasteiger partial charge on any atom is -0.388 e. The van der Waals surface area contributed by atoms with Gasteiger partial charge in [0, 0.05) is 12.7 Å². The highest BCUT2D eigenvalue weighted by Crippen LogP contribution is 2.57. The summed E-state index contributed by atoms with van der Waals surface area (Å²) in [6.07, 6.45) is 12.9. The van der Waals surface area contributed by atoms with Gasteiger partial charge in [-0.25, -0.2) is 0 Å². The van der Waals surface area contributed by atoms with Crippen molar-refractivity contribution in [2.45, 2.75) is 18.3 Å². The Morgan fingerprint density at radius 2 is 1.71 bits per heavy atom. The summed E-state index contributed by atoms with van der Waals surface area (Å²) in [5, 5.41) is 3.34. The van der Waals surface area contributed by atoms with Gasteiger partial charge in [-0.05, 0) is 58.4 Å². The summed E-state index contributed by atoms with van der Waals surface area (Å²) in [6.45, 7) is 3.90. The number of rotatable bonds is 5. The first-order chi connectivity index (χ1) is 15.3. The highest BCUT2D eigenvalue weighted by Gasteiger charge is 2.47. The lowest BCUT2D eigenvalue weighted by molar-refractivity contribution is 0.692. The van der Waals surface area contributed by atoms with Gasteiger partial charge in [0.1, 0.15) is 0 Å². The Kier molecular flexibility index (Phi) is 4.95. The molecule has 0 bridgehead atoms. The van der Waals surface area contributed by atoms with E-state index >= 15 is 0 Å². The van der Waals surface area contributed by atoms with E-state index in [4.69, 9.17) is 0 Å². The molecule has 1 heteroatoms. The Hall–Kier alpha value is -3.58. The Labute approximate surface area is 185 Å². The molecule has 3 aromatic carbocycles. The average Bonchev–Trinajstić information content (AvgIpc) is 3.14. The summed E-state index contributed by atoms with van der Waals surface area (Å²) in [5.74, 6) is 0. The van der Waals surface area contributed by atoms with Gasteiger partial charge in [-0.2, -0.15) is 0 Å². The van der Waals surface area contributed by atoms with Crippen LogP contribution >= 0.6 is 0 Å². The number of hydrogen-bond donors (Lipinski definition) is 1. The molecule has 1 nitrogen and oxygen atoms in total. The minimum absolute atomic E-state index is 0.277. The van der Waals surface area contributed by atoms with Gasteiger partial charge < -0.3 is 5.32 Å². The van der Waals surface area contributed by atoms with Gasteiger partial charge in [-0.3, -0.25) is 0 Å². The van der Waals surface area contributed by atoms with Crippen LogP contribution in [0.3, 0.4) is 0 Å². The van der Waals surface area contributed by atoms with Crippen LogP contribution in [0.25, 0.3) is 16.8 Å². The fraction of sp³-hybridized carbons (Fsp3) is 0.133. The summed E-state index contributed by atoms with van der Waals surface area (Å²) < 4.78 is 0. The molecule has 152 valence electrons. The standard InChI is InChI=1S/C30H27N/c1-3-12-29(31-2)22-19-20-26-25-17-10-11-18-27(25)30(28(26)21-22,23-13-6-4-7-14-23)24-15-8-5-9-16-24/h3-8,10-15,17-21,31H,1,9,16H2,2H3/b29-12-. The van der Waals surface area contributed by atoms with Crippen molar-refractivity contribution in [3.05, 3.63) is 138 Å². The second-order valence-electron chi connectivity index (χ2n) is 8.15. The molecule has 1 N–H and O–H groups in total. The predicted octanol–water partition coefficient (Wildman–Crippen LogP) is 7.02. The topological polar surface area (TPSA) is 12.0 Å². The number of hydrogen-bond acceptors (Lipinski definition) is 1. The highest BCUT2D eigenvalue weighted by atomic mass is 14.8. The summed E-state index contributed by atoms with van der Waals surface area (Å²) in [4.78, 5) is 0. The SMILES string of the molecule is C=C/C=C(\NC)c1ccc2c(c1)C(C1=CC=CCC1)(c1ccccc1)c1ccccc1-2. The molecule has 0 saturated heterocycles. The smallest absolute Gasteiger partial charge is 0.0676 e. The number of fused-ring (bicyclic) bond motifs is 3. The monoisotopic (exact) mass is 401 g/mol. The van der Waals surface area contributed by atoms with Crippen molar-refractivity contribution in [3.63, 3.8) is 0 Å². The van der Waals surface area contributed by atoms with Crippen molar-refractivity contribution in [1.82, 2.24) is 5.32 Å². The van der Waals surface area contributed by atoms with E-state index in [0.717, 1.165) is 18.5 Å². The molecule has 2 aliphatic carbocycles. The first kappa shape index (κ1) is 19.4. The van der Waals surface area contributed by atoms with Crippen molar-refractivity contribution in [2.75, 3.05) is 7.05 Å². The zero-order valence-corrected chi connectivity index (χ0v) is 17.9. The van der Waals surface area contributed by atoms with Crippen LogP contribution in [0, 0.1) is 0 Å². The Morgan fingerprint density at radius 1 is 0.935 bits per heavy atom. The van der Waals surface area contributed by atoms with E-state index in [1.165, 1.54) is 39.0 Å². The highest BCUT2D eigenvalue weighted by molar-refractivity contribution is 5.87. The Bertz CT molecular complexity index is 1230. The minimum atomic E-state index is -0.277. The molecule has 5 rings (SSSR count). The molecule has 0 amide bonds. The van der Waals surface area contributed by atoms with E-state index in [1.54, 1.807) is 0 Å². The number of nitrogens with one attached hydrogen (secondary N) is 1. The van der Waals surface area contributed by atoms with E-state index in [1.807, 2.05) is 19.2 Å². The maximum Gasteiger partial charge on any atom is 0.0676 e. The molecule has 0 heterocycles. The third kappa shape index (κ3) is 2.92. The molecule has 0 spiro atoms. The molecular formula is C30H27N. The molecule has 1 unspecified atom stereocenters. The Morgan fingerprint density at radius 3 is 2.45 bits per heavy atom. The van der Waals surface area contributed by atoms with E-state index in [2.05, 4.69) is 103 Å². The van der Waals surface area contributed by atoms with Crippen molar-refractivity contribution in [1.29, 1.82) is 0 Å². The van der Waals surface area contributed by atoms with Gasteiger partial charge in [0.05, 0.1) is 5.41 Å². The second kappa shape index (κ2) is 7.92. The van der Waals surface area contributed by atoms with E-state index < -0.39 is 0 Å². The predicted molar refractivity (Wildman–Crippen MR) is 132 cm³/mol. The third-order valence-electron chi connectivity index (χ3n) is 6.61. The molecule has 0 fully saturated rings. The molecule has 1 atom stereocenters. The van der Waals surface area contributed by atoms with Crippen LogP contribution < -0.4 is 5.32 Å². The molecule has 0 radical (unpaired) electrons. The van der Waals surface area contributed by atoms with Crippen LogP contribution in [-0.4, -0.2) is 7.05 Å². The lowest BCUT2D eigenvalue weighted by atomic mass is 9.65. The summed E-state index contributed by atoms with van der Waals surface area (Å²) >= 11 is 0. The summed E-state index contributed by atoms with van der Waals surface area (Å²) in [5.41, 5.74) is 10.2. The zero-order chi connectivity index (χ0) is 21.3. The van der Waals surface area contributed by atoms with Gasteiger partial charge in [0.2, 0.25) is 0 Å². The third-order valence-corrected chi connectivity index (χ3v) is 6.61. The molecule has 0 aromatic heterocycles. The van der Waals surface area contributed by atoms with Gasteiger partial charge in [0.25, 0.3) is 0 Å². The maximum absolute atomic E-state index is 3.90. The molecule has 0 aliphatic heterocycles. The van der Waals surface area contributed by atoms with Gasteiger partial charge in [-0.15, -0.1) is 0 Å². The normalized spacial score (nSPS) is 19.4. The van der Waals surface area contributed by atoms with E-state index in [9.17, 15) is 0 Å². The lowest BCUT2D eigenvalue weighted by Crippen LogP contribution is -2.30. The van der Waals surface area contributed by atoms with E-state index in [0.29, 0.717) is 0 Å². The average molecular weight is 402 g/mol. The van der Waals surface area contributed by atoms with Crippen LogP contribution in [0.1, 0.15) is 35.1 Å². The van der Waals surface area contributed by atoms with Crippen LogP contribution in [0.4, 0.5) is 0 Å². The van der Waals surface area contributed by atoms with Crippen molar-refractivity contribution >= 4 is 5.70 Å². The molecule has 2 aliphatic rings. The lowest BCUT2D eigenvalue weighted by Gasteiger charge is -2.37. The van der Waals surface area contributed by atoms with Crippen molar-refractivity contribution in [3.8, 4) is 11.1 Å². The molecular weight excluding hydrogens is 374 g/mol. The van der Waals surface area contributed by atoms with Crippen molar-refractivity contribution in [2.24, 2.45) is 0 Å².